The summed E-state index contributed by atoms with van der Waals surface area (Å²) < 4.78 is 5.20. The number of hydrogen-bond acceptors (Lipinski definition) is 4. The molecule has 32 heavy (non-hydrogen) atoms. The number of amides is 2. The summed E-state index contributed by atoms with van der Waals surface area (Å²) in [6.07, 6.45) is 5.13. The Morgan fingerprint density at radius 3 is 2.41 bits per heavy atom. The molecule has 1 atom stereocenters. The molecule has 0 unspecified atom stereocenters. The van der Waals surface area contributed by atoms with Gasteiger partial charge < -0.3 is 15.0 Å². The third-order valence-corrected chi connectivity index (χ3v) is 6.99. The number of methoxy groups -OCH3 is 1. The lowest BCUT2D eigenvalue weighted by molar-refractivity contribution is -0.138. The van der Waals surface area contributed by atoms with Gasteiger partial charge in [0.05, 0.1) is 12.9 Å². The Morgan fingerprint density at radius 1 is 1.06 bits per heavy atom. The Labute approximate surface area is 195 Å². The third kappa shape index (κ3) is 7.30. The Balaban J connectivity index is 1.58. The second-order valence-electron chi connectivity index (χ2n) is 8.33. The van der Waals surface area contributed by atoms with E-state index in [0.717, 1.165) is 49.2 Å². The highest BCUT2D eigenvalue weighted by atomic mass is 32.2. The van der Waals surface area contributed by atoms with Gasteiger partial charge in [0.2, 0.25) is 11.8 Å². The maximum Gasteiger partial charge on any atom is 0.242 e. The molecule has 0 aliphatic heterocycles. The summed E-state index contributed by atoms with van der Waals surface area (Å²) in [4.78, 5) is 27.8. The van der Waals surface area contributed by atoms with E-state index in [2.05, 4.69) is 17.4 Å². The highest BCUT2D eigenvalue weighted by molar-refractivity contribution is 7.99. The highest BCUT2D eigenvalue weighted by Gasteiger charge is 2.28. The van der Waals surface area contributed by atoms with Crippen LogP contribution in [-0.4, -0.2) is 48.2 Å². The van der Waals surface area contributed by atoms with Crippen molar-refractivity contribution in [3.63, 3.8) is 0 Å². The first-order chi connectivity index (χ1) is 15.6. The predicted octanol–water partition coefficient (Wildman–Crippen LogP) is 4.45. The molecule has 1 saturated carbocycles. The average Bonchev–Trinajstić information content (AvgIpc) is 3.33. The first-order valence-electron chi connectivity index (χ1n) is 11.4. The quantitative estimate of drug-likeness (QED) is 0.545. The van der Waals surface area contributed by atoms with Gasteiger partial charge in [-0.3, -0.25) is 9.59 Å². The van der Waals surface area contributed by atoms with E-state index in [9.17, 15) is 9.59 Å². The molecule has 0 heterocycles. The van der Waals surface area contributed by atoms with Crippen LogP contribution in [0.4, 0.5) is 0 Å². The van der Waals surface area contributed by atoms with E-state index in [1.807, 2.05) is 49.4 Å². The van der Waals surface area contributed by atoms with Crippen molar-refractivity contribution in [1.29, 1.82) is 0 Å². The molecule has 0 radical (unpaired) electrons. The van der Waals surface area contributed by atoms with Crippen LogP contribution in [0.25, 0.3) is 0 Å². The van der Waals surface area contributed by atoms with Gasteiger partial charge in [0.1, 0.15) is 11.8 Å². The monoisotopic (exact) mass is 454 g/mol. The van der Waals surface area contributed by atoms with Crippen molar-refractivity contribution in [2.75, 3.05) is 19.4 Å². The van der Waals surface area contributed by atoms with Crippen LogP contribution in [0.15, 0.2) is 54.6 Å². The van der Waals surface area contributed by atoms with E-state index >= 15 is 0 Å². The first-order valence-corrected chi connectivity index (χ1v) is 12.6. The van der Waals surface area contributed by atoms with Crippen molar-refractivity contribution < 1.29 is 14.3 Å². The van der Waals surface area contributed by atoms with Gasteiger partial charge in [0, 0.05) is 18.3 Å². The van der Waals surface area contributed by atoms with Gasteiger partial charge in [-0.2, -0.15) is 0 Å². The van der Waals surface area contributed by atoms with E-state index in [4.69, 9.17) is 4.74 Å². The molecule has 0 bridgehead atoms. The lowest BCUT2D eigenvalue weighted by Gasteiger charge is -2.29. The Bertz CT molecular complexity index is 851. The number of ether oxygens (including phenoxy) is 1. The molecule has 0 aromatic heterocycles. The summed E-state index contributed by atoms with van der Waals surface area (Å²) >= 11 is 1.58. The minimum atomic E-state index is -0.478. The lowest BCUT2D eigenvalue weighted by atomic mass is 10.1. The number of carbonyl (C=O) groups is 2. The molecule has 0 saturated heterocycles. The number of hydrogen-bond donors (Lipinski definition) is 1. The second-order valence-corrected chi connectivity index (χ2v) is 9.32. The first kappa shape index (κ1) is 24.2. The molecule has 1 fully saturated rings. The van der Waals surface area contributed by atoms with Gasteiger partial charge in [-0.25, -0.2) is 0 Å². The zero-order valence-corrected chi connectivity index (χ0v) is 19.9. The minimum Gasteiger partial charge on any atom is -0.497 e. The molecular formula is C26H34N2O3S. The molecule has 3 rings (SSSR count). The van der Waals surface area contributed by atoms with Crippen LogP contribution >= 0.6 is 11.8 Å². The standard InChI is InChI=1S/C26H34N2O3S/c1-20(26(30)27-23-10-6-7-11-23)28(17-16-21-8-4-3-5-9-21)25(29)19-32-18-22-12-14-24(31-2)15-13-22/h3-5,8-9,12-15,20,23H,6-7,10-11,16-19H2,1-2H3,(H,27,30)/t20-/m0/s1. The summed E-state index contributed by atoms with van der Waals surface area (Å²) in [7, 11) is 1.65. The molecule has 0 spiro atoms. The fourth-order valence-corrected chi connectivity index (χ4v) is 4.89. The molecule has 1 aliphatic rings. The average molecular weight is 455 g/mol. The Morgan fingerprint density at radius 2 is 1.75 bits per heavy atom. The van der Waals surface area contributed by atoms with E-state index in [-0.39, 0.29) is 17.9 Å². The van der Waals surface area contributed by atoms with Crippen molar-refractivity contribution in [2.45, 2.75) is 56.9 Å². The van der Waals surface area contributed by atoms with E-state index in [1.165, 1.54) is 5.56 Å². The zero-order chi connectivity index (χ0) is 22.8. The molecule has 5 nitrogen and oxygen atoms in total. The third-order valence-electron chi connectivity index (χ3n) is 6.01. The van der Waals surface area contributed by atoms with Gasteiger partial charge in [0.15, 0.2) is 0 Å². The fourth-order valence-electron chi connectivity index (χ4n) is 4.02. The molecule has 2 aromatic rings. The number of nitrogens with zero attached hydrogens (tertiary/aromatic N) is 1. The molecular weight excluding hydrogens is 420 g/mol. The molecule has 1 aliphatic carbocycles. The van der Waals surface area contributed by atoms with Crippen LogP contribution in [0.3, 0.4) is 0 Å². The van der Waals surface area contributed by atoms with Crippen LogP contribution in [0, 0.1) is 0 Å². The Kier molecular flexibility index (Phi) is 9.47. The van der Waals surface area contributed by atoms with Crippen LogP contribution in [0.2, 0.25) is 0 Å². The Hall–Kier alpha value is -2.47. The summed E-state index contributed by atoms with van der Waals surface area (Å²) in [6.45, 7) is 2.38. The normalized spacial score (nSPS) is 14.7. The van der Waals surface area contributed by atoms with Gasteiger partial charge in [-0.1, -0.05) is 55.3 Å². The number of thioether (sulfide) groups is 1. The fraction of sp³-hybridized carbons (Fsp3) is 0.462. The van der Waals surface area contributed by atoms with E-state index in [0.29, 0.717) is 12.3 Å². The summed E-state index contributed by atoms with van der Waals surface area (Å²) in [5.74, 6) is 1.88. The largest absolute Gasteiger partial charge is 0.497 e. The molecule has 6 heteroatoms. The molecule has 2 amide bonds. The maximum absolute atomic E-state index is 13.1. The zero-order valence-electron chi connectivity index (χ0n) is 19.1. The molecule has 172 valence electrons. The smallest absolute Gasteiger partial charge is 0.242 e. The van der Waals surface area contributed by atoms with Crippen molar-refractivity contribution in [3.8, 4) is 5.75 Å². The highest BCUT2D eigenvalue weighted by Crippen LogP contribution is 2.19. The van der Waals surface area contributed by atoms with Crippen molar-refractivity contribution in [3.05, 3.63) is 65.7 Å². The SMILES string of the molecule is COc1ccc(CSCC(=O)N(CCc2ccccc2)[C@@H](C)C(=O)NC2CCCC2)cc1. The van der Waals surface area contributed by atoms with Gasteiger partial charge in [-0.15, -0.1) is 11.8 Å². The number of carbonyl (C=O) groups excluding carboxylic acids is 2. The topological polar surface area (TPSA) is 58.6 Å². The van der Waals surface area contributed by atoms with Crippen molar-refractivity contribution >= 4 is 23.6 Å². The van der Waals surface area contributed by atoms with Crippen LogP contribution in [0.5, 0.6) is 5.75 Å². The summed E-state index contributed by atoms with van der Waals surface area (Å²) in [5.41, 5.74) is 2.31. The number of rotatable bonds is 11. The molecule has 1 N–H and O–H groups in total. The maximum atomic E-state index is 13.1. The van der Waals surface area contributed by atoms with Crippen molar-refractivity contribution in [1.82, 2.24) is 10.2 Å². The number of benzene rings is 2. The van der Waals surface area contributed by atoms with E-state index < -0.39 is 6.04 Å². The minimum absolute atomic E-state index is 0.00788. The van der Waals surface area contributed by atoms with Gasteiger partial charge in [-0.05, 0) is 49.4 Å². The van der Waals surface area contributed by atoms with Crippen molar-refractivity contribution in [2.24, 2.45) is 0 Å². The van der Waals surface area contributed by atoms with E-state index in [1.54, 1.807) is 23.8 Å². The summed E-state index contributed by atoms with van der Waals surface area (Å²) in [6, 6.07) is 17.8. The summed E-state index contributed by atoms with van der Waals surface area (Å²) in [5, 5.41) is 3.15. The predicted molar refractivity (Wildman–Crippen MR) is 131 cm³/mol. The van der Waals surface area contributed by atoms with Crippen LogP contribution < -0.4 is 10.1 Å². The van der Waals surface area contributed by atoms with Gasteiger partial charge >= 0.3 is 0 Å². The molecule has 2 aromatic carbocycles. The van der Waals surface area contributed by atoms with Crippen LogP contribution in [0.1, 0.15) is 43.7 Å². The van der Waals surface area contributed by atoms with Crippen LogP contribution in [-0.2, 0) is 21.8 Å². The number of nitrogens with one attached hydrogen (secondary N) is 1. The second kappa shape index (κ2) is 12.5. The van der Waals surface area contributed by atoms with Gasteiger partial charge in [0.25, 0.3) is 0 Å². The lowest BCUT2D eigenvalue weighted by Crippen LogP contribution is -2.51.